The van der Waals surface area contributed by atoms with Crippen molar-refractivity contribution >= 4 is 27.0 Å². The Balaban J connectivity index is 1.59. The molecular weight excluding hydrogens is 390 g/mol. The molecule has 2 heterocycles. The van der Waals surface area contributed by atoms with Crippen LogP contribution in [0, 0.1) is 6.92 Å². The van der Waals surface area contributed by atoms with Gasteiger partial charge in [-0.3, -0.25) is 4.79 Å². The van der Waals surface area contributed by atoms with Gasteiger partial charge in [0, 0.05) is 24.5 Å². The lowest BCUT2D eigenvalue weighted by atomic mass is 10.1. The van der Waals surface area contributed by atoms with E-state index in [1.165, 1.54) is 0 Å². The average Bonchev–Trinajstić information content (AvgIpc) is 3.09. The summed E-state index contributed by atoms with van der Waals surface area (Å²) in [4.78, 5) is 17.0. The number of nitrogens with one attached hydrogen (secondary N) is 2. The zero-order valence-corrected chi connectivity index (χ0v) is 17.5. The largest absolute Gasteiger partial charge is 0.351 e. The van der Waals surface area contributed by atoms with Crippen LogP contribution in [-0.2, 0) is 16.6 Å². The second-order valence-corrected chi connectivity index (χ2v) is 9.02. The van der Waals surface area contributed by atoms with Crippen LogP contribution in [0.4, 0.5) is 0 Å². The molecule has 0 radical (unpaired) electrons. The Morgan fingerprint density at radius 2 is 1.93 bits per heavy atom. The first-order chi connectivity index (χ1) is 13.8. The van der Waals surface area contributed by atoms with Crippen LogP contribution in [0.25, 0.3) is 11.0 Å². The van der Waals surface area contributed by atoms with Crippen molar-refractivity contribution in [2.75, 3.05) is 12.3 Å². The fourth-order valence-corrected chi connectivity index (χ4v) is 3.83. The second-order valence-electron chi connectivity index (χ2n) is 7.10. The molecule has 0 fully saturated rings. The van der Waals surface area contributed by atoms with E-state index in [1.54, 1.807) is 23.9 Å². The van der Waals surface area contributed by atoms with Crippen LogP contribution in [0.3, 0.4) is 0 Å². The predicted molar refractivity (Wildman–Crippen MR) is 112 cm³/mol. The maximum absolute atomic E-state index is 12.5. The molecule has 0 spiro atoms. The van der Waals surface area contributed by atoms with E-state index in [0.717, 1.165) is 16.6 Å². The lowest BCUT2D eigenvalue weighted by Crippen LogP contribution is -2.34. The van der Waals surface area contributed by atoms with Gasteiger partial charge in [0.05, 0.1) is 23.2 Å². The van der Waals surface area contributed by atoms with E-state index >= 15 is 0 Å². The van der Waals surface area contributed by atoms with Crippen molar-refractivity contribution < 1.29 is 13.2 Å². The second kappa shape index (κ2) is 8.71. The molecule has 0 saturated heterocycles. The van der Waals surface area contributed by atoms with Crippen LogP contribution in [0.2, 0.25) is 0 Å². The highest BCUT2D eigenvalue weighted by Gasteiger charge is 2.16. The number of aromatic nitrogens is 3. The molecule has 2 aromatic heterocycles. The van der Waals surface area contributed by atoms with Crippen molar-refractivity contribution in [2.45, 2.75) is 33.4 Å². The van der Waals surface area contributed by atoms with E-state index < -0.39 is 10.0 Å². The third-order valence-electron chi connectivity index (χ3n) is 4.49. The lowest BCUT2D eigenvalue weighted by molar-refractivity contribution is 0.0955. The lowest BCUT2D eigenvalue weighted by Gasteiger charge is -2.10. The fraction of sp³-hybridized carbons (Fsp3) is 0.350. The van der Waals surface area contributed by atoms with Gasteiger partial charge >= 0.3 is 0 Å². The van der Waals surface area contributed by atoms with Crippen molar-refractivity contribution in [1.29, 1.82) is 0 Å². The summed E-state index contributed by atoms with van der Waals surface area (Å²) in [5, 5.41) is 7.74. The summed E-state index contributed by atoms with van der Waals surface area (Å²) in [6, 6.07) is 11.2. The summed E-state index contributed by atoms with van der Waals surface area (Å²) in [6.45, 7) is 6.00. The monoisotopic (exact) mass is 415 g/mol. The molecule has 0 unspecified atom stereocenters. The number of rotatable bonds is 8. The van der Waals surface area contributed by atoms with Crippen molar-refractivity contribution in [2.24, 2.45) is 0 Å². The Bertz CT molecular complexity index is 1110. The third kappa shape index (κ3) is 5.18. The summed E-state index contributed by atoms with van der Waals surface area (Å²) < 4.78 is 28.6. The maximum atomic E-state index is 12.5. The normalized spacial score (nSPS) is 11.9. The summed E-state index contributed by atoms with van der Waals surface area (Å²) in [6.07, 6.45) is 1.68. The maximum Gasteiger partial charge on any atom is 0.253 e. The average molecular weight is 416 g/mol. The number of amides is 1. The number of sulfonamides is 1. The van der Waals surface area contributed by atoms with Crippen LogP contribution in [-0.4, -0.2) is 41.4 Å². The minimum absolute atomic E-state index is 0.00564. The molecule has 29 heavy (non-hydrogen) atoms. The molecule has 1 aromatic carbocycles. The van der Waals surface area contributed by atoms with Crippen LogP contribution < -0.4 is 10.0 Å². The molecule has 3 aromatic rings. The van der Waals surface area contributed by atoms with Gasteiger partial charge in [0.15, 0.2) is 5.65 Å². The van der Waals surface area contributed by atoms with Gasteiger partial charge in [-0.25, -0.2) is 22.8 Å². The molecule has 0 aliphatic carbocycles. The molecule has 0 aliphatic heterocycles. The van der Waals surface area contributed by atoms with Crippen molar-refractivity contribution in [3.63, 3.8) is 0 Å². The topological polar surface area (TPSA) is 106 Å². The predicted octanol–water partition coefficient (Wildman–Crippen LogP) is 2.17. The summed E-state index contributed by atoms with van der Waals surface area (Å²) in [5.41, 5.74) is 2.58. The number of carbonyl (C=O) groups excluding carboxylic acids is 1. The van der Waals surface area contributed by atoms with E-state index in [4.69, 9.17) is 0 Å². The van der Waals surface area contributed by atoms with Gasteiger partial charge in [0.2, 0.25) is 10.0 Å². The Hall–Kier alpha value is -2.78. The van der Waals surface area contributed by atoms with E-state index in [0.29, 0.717) is 11.3 Å². The third-order valence-corrected chi connectivity index (χ3v) is 5.81. The van der Waals surface area contributed by atoms with E-state index in [-0.39, 0.29) is 30.8 Å². The number of benzene rings is 1. The Labute approximate surface area is 170 Å². The van der Waals surface area contributed by atoms with E-state index in [2.05, 4.69) is 20.1 Å². The first kappa shape index (κ1) is 20.9. The van der Waals surface area contributed by atoms with Gasteiger partial charge in [-0.1, -0.05) is 30.3 Å². The number of pyridine rings is 1. The Kier molecular flexibility index (Phi) is 6.29. The molecule has 0 bridgehead atoms. The molecule has 0 saturated carbocycles. The SMILES string of the molecule is Cc1nc2c(cnn2C(C)C)cc1C(=O)NCCS(=O)(=O)NCc1ccccc1. The van der Waals surface area contributed by atoms with Crippen molar-refractivity contribution in [3.8, 4) is 0 Å². The quantitative estimate of drug-likeness (QED) is 0.586. The summed E-state index contributed by atoms with van der Waals surface area (Å²) >= 11 is 0. The molecule has 2 N–H and O–H groups in total. The number of aryl methyl sites for hydroxylation is 1. The van der Waals surface area contributed by atoms with Gasteiger partial charge in [-0.05, 0) is 32.4 Å². The van der Waals surface area contributed by atoms with Crippen LogP contribution in [0.15, 0.2) is 42.6 Å². The van der Waals surface area contributed by atoms with Crippen LogP contribution in [0.1, 0.15) is 41.5 Å². The molecule has 1 amide bonds. The first-order valence-corrected chi connectivity index (χ1v) is 11.1. The minimum atomic E-state index is -3.50. The Morgan fingerprint density at radius 1 is 1.21 bits per heavy atom. The van der Waals surface area contributed by atoms with E-state index in [9.17, 15) is 13.2 Å². The molecule has 0 aliphatic rings. The first-order valence-electron chi connectivity index (χ1n) is 9.41. The van der Waals surface area contributed by atoms with Crippen molar-refractivity contribution in [3.05, 3.63) is 59.4 Å². The zero-order valence-electron chi connectivity index (χ0n) is 16.7. The summed E-state index contributed by atoms with van der Waals surface area (Å²) in [7, 11) is -3.50. The number of hydrogen-bond acceptors (Lipinski definition) is 5. The molecule has 0 atom stereocenters. The van der Waals surface area contributed by atoms with Gasteiger partial charge in [-0.2, -0.15) is 5.10 Å². The summed E-state index contributed by atoms with van der Waals surface area (Å²) in [5.74, 6) is -0.557. The number of fused-ring (bicyclic) bond motifs is 1. The highest BCUT2D eigenvalue weighted by atomic mass is 32.2. The van der Waals surface area contributed by atoms with Crippen molar-refractivity contribution in [1.82, 2.24) is 24.8 Å². The fourth-order valence-electron chi connectivity index (χ4n) is 2.93. The van der Waals surface area contributed by atoms with Crippen LogP contribution >= 0.6 is 0 Å². The van der Waals surface area contributed by atoms with E-state index in [1.807, 2.05) is 44.2 Å². The minimum Gasteiger partial charge on any atom is -0.351 e. The number of carbonyl (C=O) groups is 1. The highest BCUT2D eigenvalue weighted by molar-refractivity contribution is 7.89. The molecule has 3 rings (SSSR count). The van der Waals surface area contributed by atoms with Gasteiger partial charge in [0.1, 0.15) is 0 Å². The molecule has 9 heteroatoms. The Morgan fingerprint density at radius 3 is 2.62 bits per heavy atom. The van der Waals surface area contributed by atoms with Gasteiger partial charge in [0.25, 0.3) is 5.91 Å². The van der Waals surface area contributed by atoms with Gasteiger partial charge < -0.3 is 5.32 Å². The molecule has 8 nitrogen and oxygen atoms in total. The number of hydrogen-bond donors (Lipinski definition) is 2. The standard InChI is InChI=1S/C20H25N5O3S/c1-14(2)25-19-17(13-22-25)11-18(15(3)24-19)20(26)21-9-10-29(27,28)23-12-16-7-5-4-6-8-16/h4-8,11,13-14,23H,9-10,12H2,1-3H3,(H,21,26). The highest BCUT2D eigenvalue weighted by Crippen LogP contribution is 2.19. The molecule has 154 valence electrons. The number of nitrogens with zero attached hydrogens (tertiary/aromatic N) is 3. The van der Waals surface area contributed by atoms with Gasteiger partial charge in [-0.15, -0.1) is 0 Å². The molecular formula is C20H25N5O3S. The van der Waals surface area contributed by atoms with Crippen LogP contribution in [0.5, 0.6) is 0 Å². The zero-order chi connectivity index (χ0) is 21.0. The smallest absolute Gasteiger partial charge is 0.253 e.